The molecular formula is C22H26F2N2O3. The van der Waals surface area contributed by atoms with Gasteiger partial charge in [0.25, 0.3) is 5.91 Å². The van der Waals surface area contributed by atoms with Crippen molar-refractivity contribution >= 4 is 5.91 Å². The van der Waals surface area contributed by atoms with Gasteiger partial charge in [-0.1, -0.05) is 30.3 Å². The third-order valence-corrected chi connectivity index (χ3v) is 4.95. The van der Waals surface area contributed by atoms with Crippen molar-refractivity contribution in [3.05, 3.63) is 59.7 Å². The molecule has 29 heavy (non-hydrogen) atoms. The number of carbonyl (C=O) groups is 1. The summed E-state index contributed by atoms with van der Waals surface area (Å²) in [7, 11) is 0. The number of para-hydroxylation sites is 1. The average molecular weight is 404 g/mol. The summed E-state index contributed by atoms with van der Waals surface area (Å²) in [6, 6.07) is 14.6. The minimum Gasteiger partial charge on any atom is -0.490 e. The lowest BCUT2D eigenvalue weighted by molar-refractivity contribution is -0.0521. The molecule has 1 heterocycles. The van der Waals surface area contributed by atoms with E-state index in [1.807, 2.05) is 35.2 Å². The summed E-state index contributed by atoms with van der Waals surface area (Å²) in [5, 5.41) is 3.40. The number of rotatable bonds is 8. The molecule has 1 aliphatic rings. The molecule has 0 spiro atoms. The summed E-state index contributed by atoms with van der Waals surface area (Å²) in [4.78, 5) is 14.4. The van der Waals surface area contributed by atoms with Gasteiger partial charge in [-0.15, -0.1) is 0 Å². The summed E-state index contributed by atoms with van der Waals surface area (Å²) in [6.07, 6.45) is 1.60. The maximum atomic E-state index is 12.8. The van der Waals surface area contributed by atoms with E-state index in [1.165, 1.54) is 0 Å². The standard InChI is InChI=1S/C22H26F2N2O3/c1-2-28-19-10-6-9-17(20(19)29-22(23)24)15-25-18-11-13-26(14-12-18)21(27)16-7-4-3-5-8-16/h3-10,18,22,25H,2,11-15H2,1H3. The molecule has 7 heteroatoms. The number of likely N-dealkylation sites (tertiary alicyclic amines) is 1. The van der Waals surface area contributed by atoms with E-state index in [9.17, 15) is 13.6 Å². The fraction of sp³-hybridized carbons (Fsp3) is 0.409. The molecule has 1 aliphatic heterocycles. The summed E-state index contributed by atoms with van der Waals surface area (Å²) in [6.45, 7) is 0.949. The van der Waals surface area contributed by atoms with Crippen LogP contribution in [0.15, 0.2) is 48.5 Å². The molecule has 156 valence electrons. The molecule has 3 rings (SSSR count). The topological polar surface area (TPSA) is 50.8 Å². The average Bonchev–Trinajstić information content (AvgIpc) is 2.74. The molecule has 0 saturated carbocycles. The van der Waals surface area contributed by atoms with Crippen LogP contribution in [-0.4, -0.2) is 43.2 Å². The van der Waals surface area contributed by atoms with Gasteiger partial charge < -0.3 is 19.7 Å². The number of hydrogen-bond donors (Lipinski definition) is 1. The zero-order chi connectivity index (χ0) is 20.6. The first-order valence-electron chi connectivity index (χ1n) is 9.85. The van der Waals surface area contributed by atoms with E-state index < -0.39 is 6.61 Å². The predicted molar refractivity (Wildman–Crippen MR) is 106 cm³/mol. The number of amides is 1. The van der Waals surface area contributed by atoms with Crippen LogP contribution in [0.2, 0.25) is 0 Å². The smallest absolute Gasteiger partial charge is 0.387 e. The molecule has 0 aliphatic carbocycles. The van der Waals surface area contributed by atoms with E-state index in [1.54, 1.807) is 25.1 Å². The van der Waals surface area contributed by atoms with Gasteiger partial charge in [-0.2, -0.15) is 8.78 Å². The molecule has 0 unspecified atom stereocenters. The number of ether oxygens (including phenoxy) is 2. The second kappa shape index (κ2) is 10.2. The Morgan fingerprint density at radius 3 is 2.52 bits per heavy atom. The highest BCUT2D eigenvalue weighted by Gasteiger charge is 2.24. The van der Waals surface area contributed by atoms with Crippen molar-refractivity contribution in [2.45, 2.75) is 39.0 Å². The van der Waals surface area contributed by atoms with Crippen LogP contribution >= 0.6 is 0 Å². The first-order valence-corrected chi connectivity index (χ1v) is 9.85. The first-order chi connectivity index (χ1) is 14.1. The van der Waals surface area contributed by atoms with Gasteiger partial charge in [0.15, 0.2) is 11.5 Å². The highest BCUT2D eigenvalue weighted by Crippen LogP contribution is 2.33. The third kappa shape index (κ3) is 5.67. The number of carbonyl (C=O) groups excluding carboxylic acids is 1. The third-order valence-electron chi connectivity index (χ3n) is 4.95. The van der Waals surface area contributed by atoms with Gasteiger partial charge in [-0.3, -0.25) is 4.79 Å². The number of hydrogen-bond acceptors (Lipinski definition) is 4. The zero-order valence-electron chi connectivity index (χ0n) is 16.4. The molecule has 1 saturated heterocycles. The van der Waals surface area contributed by atoms with Crippen molar-refractivity contribution in [1.29, 1.82) is 0 Å². The Balaban J connectivity index is 1.56. The lowest BCUT2D eigenvalue weighted by Gasteiger charge is -2.32. The van der Waals surface area contributed by atoms with Gasteiger partial charge in [-0.05, 0) is 38.0 Å². The molecule has 2 aromatic rings. The minimum absolute atomic E-state index is 0.0427. The lowest BCUT2D eigenvalue weighted by Crippen LogP contribution is -2.44. The number of nitrogens with one attached hydrogen (secondary N) is 1. The molecule has 1 N–H and O–H groups in total. The summed E-state index contributed by atoms with van der Waals surface area (Å²) in [5.74, 6) is 0.435. The number of nitrogens with zero attached hydrogens (tertiary/aromatic N) is 1. The minimum atomic E-state index is -2.91. The molecule has 0 aromatic heterocycles. The number of benzene rings is 2. The molecule has 2 aromatic carbocycles. The van der Waals surface area contributed by atoms with E-state index in [0.717, 1.165) is 12.8 Å². The number of piperidine rings is 1. The van der Waals surface area contributed by atoms with Gasteiger partial charge in [0, 0.05) is 36.8 Å². The van der Waals surface area contributed by atoms with E-state index in [0.29, 0.717) is 43.1 Å². The maximum Gasteiger partial charge on any atom is 0.387 e. The normalized spacial score (nSPS) is 14.8. The van der Waals surface area contributed by atoms with Crippen molar-refractivity contribution in [3.63, 3.8) is 0 Å². The van der Waals surface area contributed by atoms with Crippen LogP contribution in [0.25, 0.3) is 0 Å². The molecule has 1 fully saturated rings. The Hall–Kier alpha value is -2.67. The van der Waals surface area contributed by atoms with Gasteiger partial charge in [0.1, 0.15) is 0 Å². The second-order valence-electron chi connectivity index (χ2n) is 6.87. The number of alkyl halides is 2. The largest absolute Gasteiger partial charge is 0.490 e. The molecular weight excluding hydrogens is 378 g/mol. The summed E-state index contributed by atoms with van der Waals surface area (Å²) in [5.41, 5.74) is 1.32. The number of halogens is 2. The van der Waals surface area contributed by atoms with Crippen LogP contribution in [0.3, 0.4) is 0 Å². The first kappa shape index (κ1) is 21.0. The molecule has 0 bridgehead atoms. The predicted octanol–water partition coefficient (Wildman–Crippen LogP) is 4.08. The summed E-state index contributed by atoms with van der Waals surface area (Å²) < 4.78 is 35.8. The van der Waals surface area contributed by atoms with Crippen LogP contribution in [0.4, 0.5) is 8.78 Å². The van der Waals surface area contributed by atoms with Gasteiger partial charge >= 0.3 is 6.61 Å². The SMILES string of the molecule is CCOc1cccc(CNC2CCN(C(=O)c3ccccc3)CC2)c1OC(F)F. The van der Waals surface area contributed by atoms with Crippen LogP contribution in [0.1, 0.15) is 35.7 Å². The monoisotopic (exact) mass is 404 g/mol. The van der Waals surface area contributed by atoms with Crippen molar-refractivity contribution in [3.8, 4) is 11.5 Å². The summed E-state index contributed by atoms with van der Waals surface area (Å²) >= 11 is 0. The molecule has 0 atom stereocenters. The van der Waals surface area contributed by atoms with Crippen molar-refractivity contribution in [2.75, 3.05) is 19.7 Å². The van der Waals surface area contributed by atoms with Crippen LogP contribution < -0.4 is 14.8 Å². The Morgan fingerprint density at radius 2 is 1.86 bits per heavy atom. The fourth-order valence-corrected chi connectivity index (χ4v) is 3.50. The highest BCUT2D eigenvalue weighted by molar-refractivity contribution is 5.94. The Morgan fingerprint density at radius 1 is 1.14 bits per heavy atom. The van der Waals surface area contributed by atoms with E-state index in [2.05, 4.69) is 5.32 Å². The van der Waals surface area contributed by atoms with Crippen molar-refractivity contribution in [1.82, 2.24) is 10.2 Å². The van der Waals surface area contributed by atoms with Crippen LogP contribution in [-0.2, 0) is 6.54 Å². The van der Waals surface area contributed by atoms with Crippen molar-refractivity contribution in [2.24, 2.45) is 0 Å². The van der Waals surface area contributed by atoms with Gasteiger partial charge in [0.05, 0.1) is 6.61 Å². The fourth-order valence-electron chi connectivity index (χ4n) is 3.50. The highest BCUT2D eigenvalue weighted by atomic mass is 19.3. The Bertz CT molecular complexity index is 794. The van der Waals surface area contributed by atoms with Crippen LogP contribution in [0.5, 0.6) is 11.5 Å². The molecule has 0 radical (unpaired) electrons. The Labute approximate surface area is 169 Å². The second-order valence-corrected chi connectivity index (χ2v) is 6.87. The van der Waals surface area contributed by atoms with Gasteiger partial charge in [0.2, 0.25) is 0 Å². The zero-order valence-corrected chi connectivity index (χ0v) is 16.4. The molecule has 5 nitrogen and oxygen atoms in total. The lowest BCUT2D eigenvalue weighted by atomic mass is 10.0. The molecule has 1 amide bonds. The Kier molecular flexibility index (Phi) is 7.41. The van der Waals surface area contributed by atoms with Crippen molar-refractivity contribution < 1.29 is 23.0 Å². The van der Waals surface area contributed by atoms with E-state index in [4.69, 9.17) is 9.47 Å². The van der Waals surface area contributed by atoms with E-state index in [-0.39, 0.29) is 17.7 Å². The van der Waals surface area contributed by atoms with Gasteiger partial charge in [-0.25, -0.2) is 0 Å². The maximum absolute atomic E-state index is 12.8. The quantitative estimate of drug-likeness (QED) is 0.720. The van der Waals surface area contributed by atoms with Crippen LogP contribution in [0, 0.1) is 0 Å². The van der Waals surface area contributed by atoms with E-state index >= 15 is 0 Å².